The van der Waals surface area contributed by atoms with Crippen molar-refractivity contribution in [2.24, 2.45) is 0 Å². The van der Waals surface area contributed by atoms with Crippen LogP contribution in [0.15, 0.2) is 12.2 Å². The van der Waals surface area contributed by atoms with Crippen molar-refractivity contribution in [1.29, 1.82) is 0 Å². The summed E-state index contributed by atoms with van der Waals surface area (Å²) in [5.41, 5.74) is 0.445. The summed E-state index contributed by atoms with van der Waals surface area (Å²) in [5, 5.41) is 2.82. The molecule has 20 heavy (non-hydrogen) atoms. The van der Waals surface area contributed by atoms with Crippen LogP contribution in [0, 0.1) is 0 Å². The number of nitrogens with one attached hydrogen (secondary N) is 1. The molecule has 2 N–H and O–H groups in total. The minimum absolute atomic E-state index is 0.0114. The van der Waals surface area contributed by atoms with Crippen molar-refractivity contribution >= 4 is 16.0 Å². The molecule has 0 saturated heterocycles. The Morgan fingerprint density at radius 3 is 2.20 bits per heavy atom. The molecular formula is C13H27N2O4S+. The average Bonchev–Trinajstić information content (AvgIpc) is 2.36. The molecule has 6 nitrogen and oxygen atoms in total. The van der Waals surface area contributed by atoms with E-state index in [1.165, 1.54) is 0 Å². The first-order valence-corrected chi connectivity index (χ1v) is 8.43. The Morgan fingerprint density at radius 2 is 1.85 bits per heavy atom. The van der Waals surface area contributed by atoms with E-state index in [1.54, 1.807) is 6.92 Å². The van der Waals surface area contributed by atoms with Gasteiger partial charge in [-0.3, -0.25) is 9.35 Å². The van der Waals surface area contributed by atoms with E-state index in [4.69, 9.17) is 4.55 Å². The zero-order valence-corrected chi connectivity index (χ0v) is 13.7. The molecule has 0 spiro atoms. The van der Waals surface area contributed by atoms with Gasteiger partial charge in [-0.1, -0.05) is 6.58 Å². The molecule has 0 fully saturated rings. The lowest BCUT2D eigenvalue weighted by atomic mass is 10.1. The van der Waals surface area contributed by atoms with E-state index in [1.807, 2.05) is 20.8 Å². The molecule has 1 unspecified atom stereocenters. The number of carbonyl (C=O) groups excluding carboxylic acids is 1. The summed E-state index contributed by atoms with van der Waals surface area (Å²) in [4.78, 5) is 11.6. The predicted octanol–water partition coefficient (Wildman–Crippen LogP) is 1.16. The minimum atomic E-state index is -3.95. The van der Waals surface area contributed by atoms with Crippen molar-refractivity contribution < 1.29 is 22.2 Å². The molecule has 0 aliphatic carbocycles. The van der Waals surface area contributed by atoms with E-state index in [9.17, 15) is 13.2 Å². The van der Waals surface area contributed by atoms with Crippen molar-refractivity contribution in [3.8, 4) is 0 Å². The lowest BCUT2D eigenvalue weighted by Gasteiger charge is -2.42. The zero-order chi connectivity index (χ0) is 16.0. The molecule has 118 valence electrons. The van der Waals surface area contributed by atoms with Crippen molar-refractivity contribution in [1.82, 2.24) is 5.32 Å². The van der Waals surface area contributed by atoms with Gasteiger partial charge in [0.1, 0.15) is 0 Å². The van der Waals surface area contributed by atoms with Crippen LogP contribution in [0.3, 0.4) is 0 Å². The number of nitrogens with zero attached hydrogens (tertiary/aromatic N) is 1. The standard InChI is InChI=1S/C13H26N2O4S/c1-6-15(7-2,10-14-13(16)11(3)4)12(5)8-9-20(17,18)19/h12H,3,6-10H2,1-2,4-5H3,(H-,14,16,17,18,19)/p+1. The van der Waals surface area contributed by atoms with Crippen molar-refractivity contribution in [2.45, 2.75) is 40.2 Å². The van der Waals surface area contributed by atoms with Gasteiger partial charge in [-0.05, 0) is 27.7 Å². The average molecular weight is 307 g/mol. The van der Waals surface area contributed by atoms with Crippen LogP contribution in [0.5, 0.6) is 0 Å². The first kappa shape index (κ1) is 19.1. The summed E-state index contributed by atoms with van der Waals surface area (Å²) < 4.78 is 31.1. The molecule has 0 aromatic heterocycles. The third kappa shape index (κ3) is 6.02. The highest BCUT2D eigenvalue weighted by Gasteiger charge is 2.31. The first-order chi connectivity index (χ1) is 9.08. The van der Waals surface area contributed by atoms with Crippen LogP contribution in [-0.2, 0) is 14.9 Å². The van der Waals surface area contributed by atoms with Crippen molar-refractivity contribution in [3.05, 3.63) is 12.2 Å². The number of carbonyl (C=O) groups is 1. The Morgan fingerprint density at radius 1 is 1.35 bits per heavy atom. The lowest BCUT2D eigenvalue weighted by molar-refractivity contribution is -0.948. The Labute approximate surface area is 122 Å². The molecule has 7 heteroatoms. The van der Waals surface area contributed by atoms with Crippen LogP contribution >= 0.6 is 0 Å². The number of amides is 1. The minimum Gasteiger partial charge on any atom is -0.305 e. The van der Waals surface area contributed by atoms with Gasteiger partial charge in [-0.25, -0.2) is 0 Å². The van der Waals surface area contributed by atoms with Gasteiger partial charge in [0.25, 0.3) is 16.0 Å². The fraction of sp³-hybridized carbons (Fsp3) is 0.769. The predicted molar refractivity (Wildman–Crippen MR) is 79.7 cm³/mol. The van der Waals surface area contributed by atoms with E-state index >= 15 is 0 Å². The monoisotopic (exact) mass is 307 g/mol. The van der Waals surface area contributed by atoms with Gasteiger partial charge in [-0.2, -0.15) is 8.42 Å². The highest BCUT2D eigenvalue weighted by Crippen LogP contribution is 2.16. The largest absolute Gasteiger partial charge is 0.305 e. The fourth-order valence-corrected chi connectivity index (χ4v) is 2.84. The Bertz CT molecular complexity index is 441. The smallest absolute Gasteiger partial charge is 0.265 e. The summed E-state index contributed by atoms with van der Waals surface area (Å²) in [6.07, 6.45) is 0.351. The summed E-state index contributed by atoms with van der Waals surface area (Å²) >= 11 is 0. The molecule has 0 aliphatic heterocycles. The summed E-state index contributed by atoms with van der Waals surface area (Å²) in [6.45, 7) is 13.1. The highest BCUT2D eigenvalue weighted by atomic mass is 32.2. The maximum absolute atomic E-state index is 11.6. The van der Waals surface area contributed by atoms with Gasteiger partial charge >= 0.3 is 0 Å². The second-order valence-electron chi connectivity index (χ2n) is 5.22. The third-order valence-corrected chi connectivity index (χ3v) is 4.68. The molecular weight excluding hydrogens is 280 g/mol. The molecule has 0 rings (SSSR count). The zero-order valence-electron chi connectivity index (χ0n) is 12.8. The van der Waals surface area contributed by atoms with Gasteiger partial charge in [-0.15, -0.1) is 0 Å². The van der Waals surface area contributed by atoms with Gasteiger partial charge in [0.2, 0.25) is 0 Å². The third-order valence-electron chi connectivity index (χ3n) is 3.93. The van der Waals surface area contributed by atoms with Crippen LogP contribution in [0.4, 0.5) is 0 Å². The molecule has 1 amide bonds. The maximum Gasteiger partial charge on any atom is 0.265 e. The van der Waals surface area contributed by atoms with Gasteiger partial charge < -0.3 is 9.80 Å². The molecule has 0 aliphatic rings. The first-order valence-electron chi connectivity index (χ1n) is 6.82. The van der Waals surface area contributed by atoms with Crippen LogP contribution in [0.25, 0.3) is 0 Å². The molecule has 0 heterocycles. The quantitative estimate of drug-likeness (QED) is 0.290. The number of hydrogen-bond donors (Lipinski definition) is 2. The topological polar surface area (TPSA) is 83.5 Å². The SMILES string of the molecule is C=C(C)C(=O)NC[N+](CC)(CC)C(C)CCS(=O)(=O)O. The van der Waals surface area contributed by atoms with Crippen LogP contribution in [-0.4, -0.2) is 54.9 Å². The van der Waals surface area contributed by atoms with E-state index in [0.29, 0.717) is 23.1 Å². The number of quaternary nitrogens is 1. The maximum atomic E-state index is 11.6. The van der Waals surface area contributed by atoms with Gasteiger partial charge in [0, 0.05) is 12.0 Å². The normalized spacial score (nSPS) is 13.8. The van der Waals surface area contributed by atoms with Crippen LogP contribution < -0.4 is 5.32 Å². The Balaban J connectivity index is 4.81. The van der Waals surface area contributed by atoms with E-state index in [-0.39, 0.29) is 17.7 Å². The summed E-state index contributed by atoms with van der Waals surface area (Å²) in [6, 6.07) is 0.0114. The molecule has 0 saturated carbocycles. The van der Waals surface area contributed by atoms with Crippen LogP contribution in [0.2, 0.25) is 0 Å². The molecule has 0 aromatic rings. The molecule has 0 aromatic carbocycles. The number of rotatable bonds is 9. The summed E-state index contributed by atoms with van der Waals surface area (Å²) in [5.74, 6) is -0.459. The number of hydrogen-bond acceptors (Lipinski definition) is 3. The van der Waals surface area contributed by atoms with Gasteiger partial charge in [0.15, 0.2) is 6.67 Å². The Kier molecular flexibility index (Phi) is 7.40. The molecule has 1 atom stereocenters. The summed E-state index contributed by atoms with van der Waals surface area (Å²) in [7, 11) is -3.95. The Hall–Kier alpha value is -0.920. The van der Waals surface area contributed by atoms with Crippen LogP contribution in [0.1, 0.15) is 34.1 Å². The molecule has 0 radical (unpaired) electrons. The second-order valence-corrected chi connectivity index (χ2v) is 6.79. The van der Waals surface area contributed by atoms with E-state index < -0.39 is 10.1 Å². The second kappa shape index (κ2) is 7.75. The highest BCUT2D eigenvalue weighted by molar-refractivity contribution is 7.85. The van der Waals surface area contributed by atoms with E-state index in [0.717, 1.165) is 13.1 Å². The molecule has 0 bridgehead atoms. The van der Waals surface area contributed by atoms with E-state index in [2.05, 4.69) is 11.9 Å². The van der Waals surface area contributed by atoms with Gasteiger partial charge in [0.05, 0.1) is 24.9 Å². The lowest BCUT2D eigenvalue weighted by Crippen LogP contribution is -2.59. The van der Waals surface area contributed by atoms with Crippen molar-refractivity contribution in [2.75, 3.05) is 25.5 Å². The van der Waals surface area contributed by atoms with Crippen molar-refractivity contribution in [3.63, 3.8) is 0 Å². The fourth-order valence-electron chi connectivity index (χ4n) is 2.20.